The van der Waals surface area contributed by atoms with E-state index in [4.69, 9.17) is 23.7 Å². The molecule has 0 unspecified atom stereocenters. The number of ether oxygens (including phenoxy) is 5. The number of hydrogen-bond acceptors (Lipinski definition) is 6. The molecule has 28 heavy (non-hydrogen) atoms. The highest BCUT2D eigenvalue weighted by Gasteiger charge is 2.19. The van der Waals surface area contributed by atoms with Gasteiger partial charge in [-0.3, -0.25) is 4.79 Å². The summed E-state index contributed by atoms with van der Waals surface area (Å²) in [5.41, 5.74) is 1.02. The topological polar surface area (TPSA) is 75.3 Å². The van der Waals surface area contributed by atoms with Crippen molar-refractivity contribution in [1.29, 1.82) is 0 Å². The minimum atomic E-state index is -0.290. The van der Waals surface area contributed by atoms with Gasteiger partial charge in [0.25, 0.3) is 5.91 Å². The molecule has 2 aromatic rings. The van der Waals surface area contributed by atoms with E-state index in [-0.39, 0.29) is 5.91 Å². The van der Waals surface area contributed by atoms with E-state index in [1.807, 2.05) is 20.8 Å². The van der Waals surface area contributed by atoms with Crippen molar-refractivity contribution >= 4 is 11.6 Å². The maximum Gasteiger partial charge on any atom is 0.255 e. The molecule has 1 N–H and O–H groups in total. The van der Waals surface area contributed by atoms with E-state index in [1.165, 1.54) is 0 Å². The lowest BCUT2D eigenvalue weighted by atomic mass is 10.1. The van der Waals surface area contributed by atoms with E-state index in [1.54, 1.807) is 30.3 Å². The summed E-state index contributed by atoms with van der Waals surface area (Å²) in [6.45, 7) is 7.98. The lowest BCUT2D eigenvalue weighted by Gasteiger charge is -2.19. The van der Waals surface area contributed by atoms with Gasteiger partial charge in [-0.25, -0.2) is 0 Å². The van der Waals surface area contributed by atoms with Crippen molar-refractivity contribution in [3.8, 4) is 28.7 Å². The van der Waals surface area contributed by atoms with Gasteiger partial charge >= 0.3 is 0 Å². The summed E-state index contributed by atoms with van der Waals surface area (Å²) in [5, 5.41) is 2.87. The van der Waals surface area contributed by atoms with Crippen molar-refractivity contribution < 1.29 is 28.5 Å². The Hall–Kier alpha value is -3.09. The molecule has 3 rings (SSSR count). The number of carbonyl (C=O) groups is 1. The van der Waals surface area contributed by atoms with Gasteiger partial charge in [0.05, 0.1) is 19.8 Å². The fraction of sp³-hybridized carbons (Fsp3) is 0.381. The van der Waals surface area contributed by atoms with Gasteiger partial charge in [-0.1, -0.05) is 0 Å². The van der Waals surface area contributed by atoms with Crippen molar-refractivity contribution in [1.82, 2.24) is 0 Å². The SMILES string of the molecule is CCOc1cc(C(=O)Nc2ccc3c(c2)OCCO3)cc(OCC)c1OCC. The summed E-state index contributed by atoms with van der Waals surface area (Å²) >= 11 is 0. The van der Waals surface area contributed by atoms with Crippen LogP contribution in [-0.4, -0.2) is 38.9 Å². The number of fused-ring (bicyclic) bond motifs is 1. The number of benzene rings is 2. The molecule has 1 amide bonds. The van der Waals surface area contributed by atoms with Crippen molar-refractivity contribution in [3.63, 3.8) is 0 Å². The van der Waals surface area contributed by atoms with Crippen LogP contribution in [0.3, 0.4) is 0 Å². The van der Waals surface area contributed by atoms with Crippen LogP contribution in [0.1, 0.15) is 31.1 Å². The maximum atomic E-state index is 12.8. The number of rotatable bonds is 8. The summed E-state index contributed by atoms with van der Waals surface area (Å²) in [7, 11) is 0. The average molecular weight is 387 g/mol. The van der Waals surface area contributed by atoms with Crippen molar-refractivity contribution in [2.75, 3.05) is 38.4 Å². The molecule has 0 fully saturated rings. The summed E-state index contributed by atoms with van der Waals surface area (Å²) < 4.78 is 28.1. The van der Waals surface area contributed by atoms with Gasteiger partial charge in [0.1, 0.15) is 13.2 Å². The van der Waals surface area contributed by atoms with E-state index in [9.17, 15) is 4.79 Å². The first-order valence-electron chi connectivity index (χ1n) is 9.43. The zero-order chi connectivity index (χ0) is 19.9. The first kappa shape index (κ1) is 19.7. The van der Waals surface area contributed by atoms with Crippen LogP contribution in [0.2, 0.25) is 0 Å². The number of hydrogen-bond donors (Lipinski definition) is 1. The molecular weight excluding hydrogens is 362 g/mol. The second kappa shape index (κ2) is 9.21. The molecule has 7 nitrogen and oxygen atoms in total. The average Bonchev–Trinajstić information content (AvgIpc) is 2.70. The van der Waals surface area contributed by atoms with Crippen LogP contribution < -0.4 is 29.0 Å². The van der Waals surface area contributed by atoms with E-state index in [2.05, 4.69) is 5.32 Å². The largest absolute Gasteiger partial charge is 0.490 e. The third-order valence-corrected chi connectivity index (χ3v) is 3.97. The molecule has 0 aliphatic carbocycles. The van der Waals surface area contributed by atoms with Crippen LogP contribution in [0.15, 0.2) is 30.3 Å². The van der Waals surface area contributed by atoms with Gasteiger partial charge in [0, 0.05) is 17.3 Å². The summed E-state index contributed by atoms with van der Waals surface area (Å²) in [6, 6.07) is 8.61. The number of carbonyl (C=O) groups excluding carboxylic acids is 1. The standard InChI is InChI=1S/C21H25NO6/c1-4-24-18-11-14(12-19(25-5-2)20(18)26-6-3)21(23)22-15-7-8-16-17(13-15)28-10-9-27-16/h7-8,11-13H,4-6,9-10H2,1-3H3,(H,22,23). The second-order valence-corrected chi connectivity index (χ2v) is 5.91. The van der Waals surface area contributed by atoms with Crippen LogP contribution in [0.4, 0.5) is 5.69 Å². The second-order valence-electron chi connectivity index (χ2n) is 5.91. The van der Waals surface area contributed by atoms with Crippen LogP contribution in [-0.2, 0) is 0 Å². The Kier molecular flexibility index (Phi) is 6.47. The van der Waals surface area contributed by atoms with E-state index < -0.39 is 0 Å². The maximum absolute atomic E-state index is 12.8. The predicted octanol–water partition coefficient (Wildman–Crippen LogP) is 3.91. The molecule has 7 heteroatoms. The first-order chi connectivity index (χ1) is 13.7. The molecule has 0 aromatic heterocycles. The number of nitrogens with one attached hydrogen (secondary N) is 1. The third kappa shape index (κ3) is 4.42. The molecule has 0 radical (unpaired) electrons. The molecule has 150 valence electrons. The van der Waals surface area contributed by atoms with E-state index in [0.29, 0.717) is 73.0 Å². The van der Waals surface area contributed by atoms with Crippen LogP contribution in [0.25, 0.3) is 0 Å². The third-order valence-electron chi connectivity index (χ3n) is 3.97. The fourth-order valence-electron chi connectivity index (χ4n) is 2.84. The summed E-state index contributed by atoms with van der Waals surface area (Å²) in [4.78, 5) is 12.8. The lowest BCUT2D eigenvalue weighted by Crippen LogP contribution is -2.16. The first-order valence-corrected chi connectivity index (χ1v) is 9.43. The quantitative estimate of drug-likeness (QED) is 0.740. The molecule has 0 bridgehead atoms. The molecule has 0 atom stereocenters. The van der Waals surface area contributed by atoms with E-state index >= 15 is 0 Å². The smallest absolute Gasteiger partial charge is 0.255 e. The highest BCUT2D eigenvalue weighted by molar-refractivity contribution is 6.05. The van der Waals surface area contributed by atoms with Crippen molar-refractivity contribution in [2.24, 2.45) is 0 Å². The zero-order valence-electron chi connectivity index (χ0n) is 16.4. The minimum Gasteiger partial charge on any atom is -0.490 e. The molecule has 1 heterocycles. The molecule has 0 saturated carbocycles. The molecular formula is C21H25NO6. The van der Waals surface area contributed by atoms with Gasteiger partial charge < -0.3 is 29.0 Å². The molecule has 1 aliphatic heterocycles. The van der Waals surface area contributed by atoms with Gasteiger partial charge in [0.15, 0.2) is 23.0 Å². The Labute approximate surface area is 164 Å². The molecule has 0 spiro atoms. The molecule has 2 aromatic carbocycles. The Morgan fingerprint density at radius 3 is 2.11 bits per heavy atom. The van der Waals surface area contributed by atoms with Gasteiger partial charge in [-0.15, -0.1) is 0 Å². The Morgan fingerprint density at radius 1 is 0.893 bits per heavy atom. The van der Waals surface area contributed by atoms with Crippen LogP contribution >= 0.6 is 0 Å². The monoisotopic (exact) mass is 387 g/mol. The highest BCUT2D eigenvalue weighted by atomic mass is 16.6. The molecule has 0 saturated heterocycles. The predicted molar refractivity (Wildman–Crippen MR) is 105 cm³/mol. The zero-order valence-corrected chi connectivity index (χ0v) is 16.4. The minimum absolute atomic E-state index is 0.290. The van der Waals surface area contributed by atoms with Gasteiger partial charge in [0.2, 0.25) is 5.75 Å². The Bertz CT molecular complexity index is 809. The van der Waals surface area contributed by atoms with Crippen molar-refractivity contribution in [3.05, 3.63) is 35.9 Å². The molecule has 1 aliphatic rings. The Morgan fingerprint density at radius 2 is 1.50 bits per heavy atom. The van der Waals surface area contributed by atoms with Crippen LogP contribution in [0, 0.1) is 0 Å². The number of anilines is 1. The van der Waals surface area contributed by atoms with Crippen LogP contribution in [0.5, 0.6) is 28.7 Å². The highest BCUT2D eigenvalue weighted by Crippen LogP contribution is 2.39. The summed E-state index contributed by atoms with van der Waals surface area (Å²) in [5.74, 6) is 2.44. The van der Waals surface area contributed by atoms with E-state index in [0.717, 1.165) is 0 Å². The Balaban J connectivity index is 1.87. The fourth-order valence-corrected chi connectivity index (χ4v) is 2.84. The number of amides is 1. The van der Waals surface area contributed by atoms with Gasteiger partial charge in [-0.05, 0) is 45.0 Å². The summed E-state index contributed by atoms with van der Waals surface area (Å²) in [6.07, 6.45) is 0. The van der Waals surface area contributed by atoms with Gasteiger partial charge in [-0.2, -0.15) is 0 Å². The normalized spacial score (nSPS) is 12.2. The lowest BCUT2D eigenvalue weighted by molar-refractivity contribution is 0.102. The van der Waals surface area contributed by atoms with Crippen molar-refractivity contribution in [2.45, 2.75) is 20.8 Å².